The second-order valence-electron chi connectivity index (χ2n) is 3.69. The van der Waals surface area contributed by atoms with Gasteiger partial charge in [-0.25, -0.2) is 0 Å². The maximum atomic E-state index is 10.9. The topological polar surface area (TPSA) is 17.1 Å². The Morgan fingerprint density at radius 1 is 1.06 bits per heavy atom. The van der Waals surface area contributed by atoms with E-state index >= 15 is 0 Å². The van der Waals surface area contributed by atoms with Gasteiger partial charge >= 0.3 is 0 Å². The molecule has 0 fully saturated rings. The average Bonchev–Trinajstić information content (AvgIpc) is 2.40. The van der Waals surface area contributed by atoms with Crippen LogP contribution >= 0.6 is 35.0 Å². The fraction of sp³-hybridized carbons (Fsp3) is 0.0714. The van der Waals surface area contributed by atoms with Crippen molar-refractivity contribution in [1.82, 2.24) is 0 Å². The van der Waals surface area contributed by atoms with E-state index in [-0.39, 0.29) is 0 Å². The SMILES string of the molecule is O=Cc1ccccc1SCc1ccc(Cl)c(Cl)c1. The number of hydrogen-bond donors (Lipinski definition) is 0. The molecule has 0 spiro atoms. The van der Waals surface area contributed by atoms with Gasteiger partial charge in [0.1, 0.15) is 0 Å². The molecule has 1 nitrogen and oxygen atoms in total. The number of thioether (sulfide) groups is 1. The summed E-state index contributed by atoms with van der Waals surface area (Å²) in [6, 6.07) is 13.1. The van der Waals surface area contributed by atoms with Gasteiger partial charge in [0, 0.05) is 16.2 Å². The predicted molar refractivity (Wildman–Crippen MR) is 77.9 cm³/mol. The van der Waals surface area contributed by atoms with Crippen LogP contribution < -0.4 is 0 Å². The number of carbonyl (C=O) groups is 1. The molecule has 0 heterocycles. The molecule has 4 heteroatoms. The molecule has 92 valence electrons. The van der Waals surface area contributed by atoms with Gasteiger partial charge in [0.05, 0.1) is 10.0 Å². The quantitative estimate of drug-likeness (QED) is 0.577. The van der Waals surface area contributed by atoms with Crippen LogP contribution in [0, 0.1) is 0 Å². The van der Waals surface area contributed by atoms with Crippen LogP contribution in [-0.2, 0) is 5.75 Å². The van der Waals surface area contributed by atoms with E-state index in [2.05, 4.69) is 0 Å². The minimum atomic E-state index is 0.554. The molecule has 0 atom stereocenters. The Kier molecular flexibility index (Phi) is 4.70. The van der Waals surface area contributed by atoms with Crippen molar-refractivity contribution in [2.75, 3.05) is 0 Å². The van der Waals surface area contributed by atoms with Gasteiger partial charge in [0.2, 0.25) is 0 Å². The Labute approximate surface area is 120 Å². The number of halogens is 2. The van der Waals surface area contributed by atoms with Crippen molar-refractivity contribution in [3.63, 3.8) is 0 Å². The first kappa shape index (κ1) is 13.5. The third kappa shape index (κ3) is 3.29. The maximum absolute atomic E-state index is 10.9. The number of benzene rings is 2. The smallest absolute Gasteiger partial charge is 0.151 e. The van der Waals surface area contributed by atoms with Crippen molar-refractivity contribution < 1.29 is 4.79 Å². The summed E-state index contributed by atoms with van der Waals surface area (Å²) in [5, 5.41) is 1.11. The zero-order chi connectivity index (χ0) is 13.0. The first-order valence-corrected chi connectivity index (χ1v) is 7.06. The molecule has 18 heavy (non-hydrogen) atoms. The third-order valence-corrected chi connectivity index (χ3v) is 4.32. The maximum Gasteiger partial charge on any atom is 0.151 e. The third-order valence-electron chi connectivity index (χ3n) is 2.42. The van der Waals surface area contributed by atoms with E-state index in [1.165, 1.54) is 0 Å². The molecule has 0 N–H and O–H groups in total. The van der Waals surface area contributed by atoms with Crippen LogP contribution in [-0.4, -0.2) is 6.29 Å². The largest absolute Gasteiger partial charge is 0.298 e. The molecule has 0 aliphatic carbocycles. The summed E-state index contributed by atoms with van der Waals surface area (Å²) < 4.78 is 0. The number of aldehydes is 1. The van der Waals surface area contributed by atoms with Crippen LogP contribution in [0.3, 0.4) is 0 Å². The molecule has 0 saturated heterocycles. The molecule has 2 aromatic rings. The van der Waals surface area contributed by atoms with Gasteiger partial charge in [-0.15, -0.1) is 11.8 Å². The Hall–Kier alpha value is -0.960. The van der Waals surface area contributed by atoms with Crippen molar-refractivity contribution in [3.8, 4) is 0 Å². The monoisotopic (exact) mass is 296 g/mol. The average molecular weight is 297 g/mol. The minimum Gasteiger partial charge on any atom is -0.298 e. The molecule has 2 rings (SSSR count). The van der Waals surface area contributed by atoms with Crippen molar-refractivity contribution in [3.05, 3.63) is 63.6 Å². The summed E-state index contributed by atoms with van der Waals surface area (Å²) in [5.74, 6) is 0.752. The highest BCUT2D eigenvalue weighted by Crippen LogP contribution is 2.28. The summed E-state index contributed by atoms with van der Waals surface area (Å²) in [4.78, 5) is 11.9. The highest BCUT2D eigenvalue weighted by molar-refractivity contribution is 7.98. The summed E-state index contributed by atoms with van der Waals surface area (Å²) in [7, 11) is 0. The lowest BCUT2D eigenvalue weighted by Gasteiger charge is -2.05. The Bertz CT molecular complexity index is 569. The van der Waals surface area contributed by atoms with E-state index in [4.69, 9.17) is 23.2 Å². The molecule has 0 aromatic heterocycles. The summed E-state index contributed by atoms with van der Waals surface area (Å²) in [5.41, 5.74) is 1.79. The molecule has 0 aliphatic rings. The van der Waals surface area contributed by atoms with E-state index in [1.807, 2.05) is 36.4 Å². The van der Waals surface area contributed by atoms with Crippen LogP contribution in [0.4, 0.5) is 0 Å². The number of carbonyl (C=O) groups excluding carboxylic acids is 1. The molecule has 0 radical (unpaired) electrons. The van der Waals surface area contributed by atoms with Crippen LogP contribution in [0.1, 0.15) is 15.9 Å². The molecule has 0 unspecified atom stereocenters. The predicted octanol–water partition coefficient (Wildman–Crippen LogP) is 5.10. The highest BCUT2D eigenvalue weighted by Gasteiger charge is 2.03. The van der Waals surface area contributed by atoms with Crippen molar-refractivity contribution in [2.45, 2.75) is 10.6 Å². The van der Waals surface area contributed by atoms with Crippen molar-refractivity contribution in [1.29, 1.82) is 0 Å². The summed E-state index contributed by atoms with van der Waals surface area (Å²) in [6.07, 6.45) is 0.872. The highest BCUT2D eigenvalue weighted by atomic mass is 35.5. The summed E-state index contributed by atoms with van der Waals surface area (Å²) >= 11 is 13.4. The van der Waals surface area contributed by atoms with Gasteiger partial charge < -0.3 is 0 Å². The van der Waals surface area contributed by atoms with E-state index in [0.29, 0.717) is 15.6 Å². The molecule has 0 amide bonds. The van der Waals surface area contributed by atoms with Crippen molar-refractivity contribution in [2.24, 2.45) is 0 Å². The minimum absolute atomic E-state index is 0.554. The lowest BCUT2D eigenvalue weighted by atomic mass is 10.2. The number of rotatable bonds is 4. The van der Waals surface area contributed by atoms with Gasteiger partial charge in [0.15, 0.2) is 6.29 Å². The second-order valence-corrected chi connectivity index (χ2v) is 5.52. The molecule has 0 bridgehead atoms. The second kappa shape index (κ2) is 6.28. The Balaban J connectivity index is 2.11. The standard InChI is InChI=1S/C14H10Cl2OS/c15-12-6-5-10(7-13(12)16)9-18-14-4-2-1-3-11(14)8-17/h1-8H,9H2. The zero-order valence-electron chi connectivity index (χ0n) is 9.40. The van der Waals surface area contributed by atoms with Gasteiger partial charge in [-0.05, 0) is 23.8 Å². The fourth-order valence-electron chi connectivity index (χ4n) is 1.50. The molecule has 0 aliphatic heterocycles. The van der Waals surface area contributed by atoms with Gasteiger partial charge in [-0.2, -0.15) is 0 Å². The van der Waals surface area contributed by atoms with E-state index < -0.39 is 0 Å². The first-order valence-electron chi connectivity index (χ1n) is 5.31. The lowest BCUT2D eigenvalue weighted by Crippen LogP contribution is -1.86. The Morgan fingerprint density at radius 2 is 1.83 bits per heavy atom. The van der Waals surface area contributed by atoms with E-state index in [1.54, 1.807) is 17.8 Å². The van der Waals surface area contributed by atoms with Gasteiger partial charge in [-0.3, -0.25) is 4.79 Å². The van der Waals surface area contributed by atoms with E-state index in [9.17, 15) is 4.79 Å². The van der Waals surface area contributed by atoms with Gasteiger partial charge in [-0.1, -0.05) is 47.5 Å². The van der Waals surface area contributed by atoms with Crippen molar-refractivity contribution >= 4 is 41.2 Å². The lowest BCUT2D eigenvalue weighted by molar-refractivity contribution is 0.112. The van der Waals surface area contributed by atoms with Crippen LogP contribution in [0.2, 0.25) is 10.0 Å². The Morgan fingerprint density at radius 3 is 2.56 bits per heavy atom. The van der Waals surface area contributed by atoms with E-state index in [0.717, 1.165) is 22.5 Å². The fourth-order valence-corrected chi connectivity index (χ4v) is 2.78. The van der Waals surface area contributed by atoms with Crippen LogP contribution in [0.15, 0.2) is 47.4 Å². The molecular formula is C14H10Cl2OS. The first-order chi connectivity index (χ1) is 8.70. The zero-order valence-corrected chi connectivity index (χ0v) is 11.7. The normalized spacial score (nSPS) is 10.3. The summed E-state index contributed by atoms with van der Waals surface area (Å²) in [6.45, 7) is 0. The van der Waals surface area contributed by atoms with Gasteiger partial charge in [0.25, 0.3) is 0 Å². The number of hydrogen-bond acceptors (Lipinski definition) is 2. The molecule has 2 aromatic carbocycles. The molecular weight excluding hydrogens is 287 g/mol. The van der Waals surface area contributed by atoms with Crippen LogP contribution in [0.25, 0.3) is 0 Å². The van der Waals surface area contributed by atoms with Crippen LogP contribution in [0.5, 0.6) is 0 Å². The molecule has 0 saturated carbocycles.